The number of urea groups is 1. The van der Waals surface area contributed by atoms with Crippen LogP contribution in [0.3, 0.4) is 0 Å². The Hall–Kier alpha value is -4.07. The monoisotopic (exact) mass is 422 g/mol. The van der Waals surface area contributed by atoms with E-state index in [9.17, 15) is 14.4 Å². The van der Waals surface area contributed by atoms with Crippen molar-refractivity contribution >= 4 is 24.0 Å². The Labute approximate surface area is 179 Å². The molecule has 2 aromatic rings. The van der Waals surface area contributed by atoms with Gasteiger partial charge in [-0.3, -0.25) is 9.59 Å². The third kappa shape index (κ3) is 5.11. The van der Waals surface area contributed by atoms with Crippen LogP contribution >= 0.6 is 0 Å². The number of aliphatic carboxylic acids is 1. The fourth-order valence-corrected chi connectivity index (χ4v) is 3.14. The molecule has 0 aromatic heterocycles. The quantitative estimate of drug-likeness (QED) is 0.366. The third-order valence-electron chi connectivity index (χ3n) is 4.53. The summed E-state index contributed by atoms with van der Waals surface area (Å²) in [5.41, 5.74) is 2.35. The molecule has 1 aliphatic heterocycles. The smallest absolute Gasteiger partial charge is 0.329 e. The van der Waals surface area contributed by atoms with E-state index in [1.54, 1.807) is 18.2 Å². The second kappa shape index (κ2) is 9.62. The molecule has 8 heteroatoms. The Balaban J connectivity index is 1.91. The normalized spacial score (nSPS) is 14.5. The van der Waals surface area contributed by atoms with Crippen LogP contribution in [-0.4, -0.2) is 41.6 Å². The van der Waals surface area contributed by atoms with Crippen molar-refractivity contribution in [3.8, 4) is 11.5 Å². The van der Waals surface area contributed by atoms with Crippen LogP contribution in [0.4, 0.5) is 4.79 Å². The van der Waals surface area contributed by atoms with Crippen LogP contribution in [0.15, 0.2) is 60.8 Å². The van der Waals surface area contributed by atoms with E-state index < -0.39 is 24.5 Å². The van der Waals surface area contributed by atoms with Crippen LogP contribution < -0.4 is 14.8 Å². The van der Waals surface area contributed by atoms with Crippen LogP contribution in [0, 0.1) is 0 Å². The highest BCUT2D eigenvalue weighted by molar-refractivity contribution is 6.15. The number of rotatable bonds is 9. The lowest BCUT2D eigenvalue weighted by Crippen LogP contribution is -2.35. The third-order valence-corrected chi connectivity index (χ3v) is 4.53. The summed E-state index contributed by atoms with van der Waals surface area (Å²) < 4.78 is 11.5. The Morgan fingerprint density at radius 1 is 1.23 bits per heavy atom. The number of amides is 3. The summed E-state index contributed by atoms with van der Waals surface area (Å²) >= 11 is 0. The lowest BCUT2D eigenvalue weighted by atomic mass is 10.0. The van der Waals surface area contributed by atoms with Crippen LogP contribution in [0.1, 0.15) is 16.7 Å². The van der Waals surface area contributed by atoms with E-state index in [4.69, 9.17) is 14.6 Å². The lowest BCUT2D eigenvalue weighted by Gasteiger charge is -2.16. The molecule has 0 unspecified atom stereocenters. The summed E-state index contributed by atoms with van der Waals surface area (Å²) in [6, 6.07) is 12.4. The van der Waals surface area contributed by atoms with E-state index in [1.165, 1.54) is 13.2 Å². The number of methoxy groups -OCH3 is 1. The fraction of sp³-hybridized carbons (Fsp3) is 0.174. The summed E-state index contributed by atoms with van der Waals surface area (Å²) in [6.07, 6.45) is 3.68. The van der Waals surface area contributed by atoms with Crippen molar-refractivity contribution in [2.75, 3.05) is 13.7 Å². The van der Waals surface area contributed by atoms with Gasteiger partial charge in [0, 0.05) is 5.56 Å². The Kier molecular flexibility index (Phi) is 6.71. The van der Waals surface area contributed by atoms with E-state index in [2.05, 4.69) is 11.9 Å². The average Bonchev–Trinajstić information content (AvgIpc) is 3.00. The molecule has 1 heterocycles. The van der Waals surface area contributed by atoms with Crippen LogP contribution in [0.2, 0.25) is 0 Å². The molecule has 1 fully saturated rings. The maximum atomic E-state index is 12.4. The molecule has 3 rings (SSSR count). The van der Waals surface area contributed by atoms with Crippen LogP contribution in [0.5, 0.6) is 11.5 Å². The van der Waals surface area contributed by atoms with Gasteiger partial charge in [0.1, 0.15) is 18.8 Å². The maximum Gasteiger partial charge on any atom is 0.329 e. The highest BCUT2D eigenvalue weighted by Crippen LogP contribution is 2.35. The van der Waals surface area contributed by atoms with Gasteiger partial charge in [0.05, 0.1) is 7.11 Å². The molecule has 8 nitrogen and oxygen atoms in total. The molecule has 0 aliphatic carbocycles. The number of allylic oxidation sites excluding steroid dienone is 1. The largest absolute Gasteiger partial charge is 0.493 e. The van der Waals surface area contributed by atoms with Crippen molar-refractivity contribution in [1.82, 2.24) is 10.2 Å². The van der Waals surface area contributed by atoms with E-state index in [0.29, 0.717) is 35.0 Å². The molecule has 160 valence electrons. The second-order valence-corrected chi connectivity index (χ2v) is 6.75. The summed E-state index contributed by atoms with van der Waals surface area (Å²) in [4.78, 5) is 35.8. The number of benzene rings is 2. The van der Waals surface area contributed by atoms with Gasteiger partial charge in [0.25, 0.3) is 5.91 Å². The molecule has 1 saturated heterocycles. The van der Waals surface area contributed by atoms with Gasteiger partial charge < -0.3 is 19.9 Å². The number of nitrogens with zero attached hydrogens (tertiary/aromatic N) is 1. The van der Waals surface area contributed by atoms with Crippen molar-refractivity contribution in [3.05, 3.63) is 77.5 Å². The molecule has 3 amide bonds. The van der Waals surface area contributed by atoms with E-state index in [-0.39, 0.29) is 5.70 Å². The van der Waals surface area contributed by atoms with Gasteiger partial charge in [0.2, 0.25) is 0 Å². The zero-order chi connectivity index (χ0) is 22.4. The van der Waals surface area contributed by atoms with E-state index >= 15 is 0 Å². The van der Waals surface area contributed by atoms with E-state index in [0.717, 1.165) is 11.1 Å². The van der Waals surface area contributed by atoms with Crippen molar-refractivity contribution in [3.63, 3.8) is 0 Å². The second-order valence-electron chi connectivity index (χ2n) is 6.75. The zero-order valence-electron chi connectivity index (χ0n) is 17.0. The summed E-state index contributed by atoms with van der Waals surface area (Å²) in [6.45, 7) is 3.42. The van der Waals surface area contributed by atoms with Crippen molar-refractivity contribution < 1.29 is 29.0 Å². The van der Waals surface area contributed by atoms with Gasteiger partial charge in [-0.1, -0.05) is 36.4 Å². The first-order chi connectivity index (χ1) is 14.9. The first-order valence-electron chi connectivity index (χ1n) is 9.47. The summed E-state index contributed by atoms with van der Waals surface area (Å²) in [7, 11) is 1.51. The number of hydrogen-bond acceptors (Lipinski definition) is 5. The minimum absolute atomic E-state index is 0.0178. The SMILES string of the molecule is C=CCc1cc(/C=C2/NC(=O)N(CC(=O)O)C2=O)cc(OC)c1OCc1ccccc1. The number of ether oxygens (including phenoxy) is 2. The Morgan fingerprint density at radius 3 is 2.61 bits per heavy atom. The number of nitrogens with one attached hydrogen (secondary N) is 1. The minimum atomic E-state index is -1.28. The molecule has 2 aromatic carbocycles. The molecule has 1 aliphatic rings. The first kappa shape index (κ1) is 21.6. The molecule has 0 bridgehead atoms. The molecular formula is C23H22N2O6. The number of carbonyl (C=O) groups is 3. The van der Waals surface area contributed by atoms with Gasteiger partial charge in [-0.2, -0.15) is 0 Å². The van der Waals surface area contributed by atoms with Gasteiger partial charge in [-0.05, 0) is 35.8 Å². The molecule has 0 radical (unpaired) electrons. The topological polar surface area (TPSA) is 105 Å². The first-order valence-corrected chi connectivity index (χ1v) is 9.47. The predicted octanol–water partition coefficient (Wildman–Crippen LogP) is 2.98. The molecule has 2 N–H and O–H groups in total. The standard InChI is InChI=1S/C23H22N2O6/c1-3-7-17-10-16(11-18-22(28)25(13-20(26)27)23(29)24-18)12-19(30-2)21(17)31-14-15-8-5-4-6-9-15/h3-6,8-12H,1,7,13-14H2,2H3,(H,24,29)(H,26,27)/b18-11+. The summed E-state index contributed by atoms with van der Waals surface area (Å²) in [5, 5.41) is 11.3. The predicted molar refractivity (Wildman–Crippen MR) is 114 cm³/mol. The minimum Gasteiger partial charge on any atom is -0.493 e. The van der Waals surface area contributed by atoms with Gasteiger partial charge in [-0.25, -0.2) is 9.69 Å². The number of carboxylic acid groups (broad SMARTS) is 1. The molecule has 0 saturated carbocycles. The number of imide groups is 1. The highest BCUT2D eigenvalue weighted by Gasteiger charge is 2.34. The number of carboxylic acids is 1. The number of carbonyl (C=O) groups excluding carboxylic acids is 2. The van der Waals surface area contributed by atoms with Crippen LogP contribution in [0.25, 0.3) is 6.08 Å². The van der Waals surface area contributed by atoms with E-state index in [1.807, 2.05) is 30.3 Å². The average molecular weight is 422 g/mol. The molecule has 0 spiro atoms. The van der Waals surface area contributed by atoms with Crippen molar-refractivity contribution in [2.24, 2.45) is 0 Å². The lowest BCUT2D eigenvalue weighted by molar-refractivity contribution is -0.140. The van der Waals surface area contributed by atoms with Crippen molar-refractivity contribution in [2.45, 2.75) is 13.0 Å². The highest BCUT2D eigenvalue weighted by atomic mass is 16.5. The Morgan fingerprint density at radius 2 is 1.97 bits per heavy atom. The van der Waals surface area contributed by atoms with Gasteiger partial charge >= 0.3 is 12.0 Å². The van der Waals surface area contributed by atoms with Crippen LogP contribution in [-0.2, 0) is 22.6 Å². The van der Waals surface area contributed by atoms with Gasteiger partial charge in [-0.15, -0.1) is 6.58 Å². The molecular weight excluding hydrogens is 400 g/mol. The zero-order valence-corrected chi connectivity index (χ0v) is 17.0. The summed E-state index contributed by atoms with van der Waals surface area (Å²) in [5.74, 6) is -0.968. The Bertz CT molecular complexity index is 1050. The maximum absolute atomic E-state index is 12.4. The molecule has 0 atom stereocenters. The van der Waals surface area contributed by atoms with Crippen molar-refractivity contribution in [1.29, 1.82) is 0 Å². The fourth-order valence-electron chi connectivity index (χ4n) is 3.14. The van der Waals surface area contributed by atoms with Gasteiger partial charge in [0.15, 0.2) is 11.5 Å². The molecule has 31 heavy (non-hydrogen) atoms. The number of hydrogen-bond donors (Lipinski definition) is 2.